The summed E-state index contributed by atoms with van der Waals surface area (Å²) in [5.74, 6) is -1.66. The van der Waals surface area contributed by atoms with Crippen LogP contribution < -0.4 is 5.32 Å². The van der Waals surface area contributed by atoms with Crippen molar-refractivity contribution in [1.29, 1.82) is 0 Å². The summed E-state index contributed by atoms with van der Waals surface area (Å²) in [6.07, 6.45) is 0. The molecule has 0 amide bonds. The van der Waals surface area contributed by atoms with E-state index in [9.17, 15) is 8.78 Å². The molecule has 0 saturated heterocycles. The second kappa shape index (κ2) is 6.55. The summed E-state index contributed by atoms with van der Waals surface area (Å²) in [4.78, 5) is 0. The number of hydrogen-bond donors (Lipinski definition) is 1. The summed E-state index contributed by atoms with van der Waals surface area (Å²) >= 11 is 0. The molecule has 1 aromatic rings. The molecule has 0 aliphatic heterocycles. The van der Waals surface area contributed by atoms with Gasteiger partial charge in [0.15, 0.2) is 11.6 Å². The minimum absolute atomic E-state index is 0.303. The first-order valence-corrected chi connectivity index (χ1v) is 5.34. The van der Waals surface area contributed by atoms with Crippen molar-refractivity contribution in [1.82, 2.24) is 5.32 Å². The molecule has 1 aromatic carbocycles. The Labute approximate surface area is 94.6 Å². The van der Waals surface area contributed by atoms with E-state index in [4.69, 9.17) is 4.74 Å². The molecule has 0 spiro atoms. The highest BCUT2D eigenvalue weighted by molar-refractivity contribution is 5.16. The molecule has 0 unspecified atom stereocenters. The van der Waals surface area contributed by atoms with Crippen LogP contribution in [0.15, 0.2) is 18.2 Å². The first-order valence-electron chi connectivity index (χ1n) is 5.34. The fourth-order valence-corrected chi connectivity index (χ4v) is 1.24. The van der Waals surface area contributed by atoms with Crippen LogP contribution in [0.4, 0.5) is 8.78 Å². The molecule has 0 radical (unpaired) electrons. The molecule has 1 rings (SSSR count). The summed E-state index contributed by atoms with van der Waals surface area (Å²) in [6.45, 7) is 5.71. The second-order valence-corrected chi connectivity index (χ2v) is 3.91. The van der Waals surface area contributed by atoms with Gasteiger partial charge in [-0.25, -0.2) is 8.78 Å². The van der Waals surface area contributed by atoms with Gasteiger partial charge in [-0.2, -0.15) is 0 Å². The summed E-state index contributed by atoms with van der Waals surface area (Å²) in [7, 11) is 0. The van der Waals surface area contributed by atoms with E-state index in [1.807, 2.05) is 0 Å². The van der Waals surface area contributed by atoms with Gasteiger partial charge in [-0.1, -0.05) is 19.9 Å². The summed E-state index contributed by atoms with van der Waals surface area (Å²) in [6, 6.07) is 4.21. The van der Waals surface area contributed by atoms with Gasteiger partial charge >= 0.3 is 0 Å². The van der Waals surface area contributed by atoms with Crippen LogP contribution in [-0.4, -0.2) is 19.2 Å². The zero-order valence-corrected chi connectivity index (χ0v) is 9.59. The number of benzene rings is 1. The highest BCUT2D eigenvalue weighted by Crippen LogP contribution is 2.09. The molecule has 0 aliphatic rings. The lowest BCUT2D eigenvalue weighted by molar-refractivity contribution is 0.121. The SMILES string of the molecule is CC(C)NCCOCc1ccc(F)c(F)c1. The fourth-order valence-electron chi connectivity index (χ4n) is 1.24. The minimum Gasteiger partial charge on any atom is -0.375 e. The van der Waals surface area contributed by atoms with Crippen molar-refractivity contribution in [2.75, 3.05) is 13.2 Å². The van der Waals surface area contributed by atoms with Crippen molar-refractivity contribution >= 4 is 0 Å². The number of nitrogens with one attached hydrogen (secondary N) is 1. The third kappa shape index (κ3) is 4.68. The molecule has 2 nitrogen and oxygen atoms in total. The van der Waals surface area contributed by atoms with Gasteiger partial charge in [-0.3, -0.25) is 0 Å². The quantitative estimate of drug-likeness (QED) is 0.757. The van der Waals surface area contributed by atoms with Gasteiger partial charge in [0.25, 0.3) is 0 Å². The maximum absolute atomic E-state index is 12.8. The zero-order chi connectivity index (χ0) is 12.0. The monoisotopic (exact) mass is 229 g/mol. The van der Waals surface area contributed by atoms with Gasteiger partial charge < -0.3 is 10.1 Å². The maximum Gasteiger partial charge on any atom is 0.159 e. The number of hydrogen-bond acceptors (Lipinski definition) is 2. The number of halogens is 2. The Morgan fingerprint density at radius 1 is 1.25 bits per heavy atom. The van der Waals surface area contributed by atoms with E-state index in [-0.39, 0.29) is 0 Å². The Bertz CT molecular complexity index is 329. The Morgan fingerprint density at radius 2 is 2.00 bits per heavy atom. The van der Waals surface area contributed by atoms with Crippen molar-refractivity contribution in [2.24, 2.45) is 0 Å². The largest absolute Gasteiger partial charge is 0.375 e. The van der Waals surface area contributed by atoms with Crippen LogP contribution in [-0.2, 0) is 11.3 Å². The standard InChI is InChI=1S/C12H17F2NO/c1-9(2)15-5-6-16-8-10-3-4-11(13)12(14)7-10/h3-4,7,9,15H,5-6,8H2,1-2H3. The molecular weight excluding hydrogens is 212 g/mol. The molecule has 0 saturated carbocycles. The summed E-state index contributed by atoms with van der Waals surface area (Å²) < 4.78 is 30.7. The lowest BCUT2D eigenvalue weighted by Crippen LogP contribution is -2.26. The van der Waals surface area contributed by atoms with Crippen LogP contribution in [0, 0.1) is 11.6 Å². The molecule has 16 heavy (non-hydrogen) atoms. The lowest BCUT2D eigenvalue weighted by Gasteiger charge is -2.08. The van der Waals surface area contributed by atoms with Crippen LogP contribution in [0.1, 0.15) is 19.4 Å². The predicted octanol–water partition coefficient (Wildman–Crippen LogP) is 2.48. The van der Waals surface area contributed by atoms with Gasteiger partial charge in [0.05, 0.1) is 13.2 Å². The van der Waals surface area contributed by atoms with Gasteiger partial charge in [-0.05, 0) is 17.7 Å². The van der Waals surface area contributed by atoms with E-state index >= 15 is 0 Å². The van der Waals surface area contributed by atoms with E-state index in [0.29, 0.717) is 24.8 Å². The Kier molecular flexibility index (Phi) is 5.35. The molecule has 0 aliphatic carbocycles. The molecule has 0 heterocycles. The molecule has 4 heteroatoms. The van der Waals surface area contributed by atoms with Gasteiger partial charge in [0.1, 0.15) is 0 Å². The van der Waals surface area contributed by atoms with Crippen LogP contribution in [0.5, 0.6) is 0 Å². The number of rotatable bonds is 6. The van der Waals surface area contributed by atoms with Crippen molar-refractivity contribution < 1.29 is 13.5 Å². The lowest BCUT2D eigenvalue weighted by atomic mass is 10.2. The molecule has 1 N–H and O–H groups in total. The second-order valence-electron chi connectivity index (χ2n) is 3.91. The van der Waals surface area contributed by atoms with Crippen LogP contribution in [0.3, 0.4) is 0 Å². The number of ether oxygens (including phenoxy) is 1. The highest BCUT2D eigenvalue weighted by atomic mass is 19.2. The van der Waals surface area contributed by atoms with Crippen LogP contribution in [0.2, 0.25) is 0 Å². The highest BCUT2D eigenvalue weighted by Gasteiger charge is 2.02. The molecule has 0 aromatic heterocycles. The zero-order valence-electron chi connectivity index (χ0n) is 9.59. The van der Waals surface area contributed by atoms with Gasteiger partial charge in [-0.15, -0.1) is 0 Å². The first kappa shape index (κ1) is 13.1. The van der Waals surface area contributed by atoms with Crippen molar-refractivity contribution in [3.8, 4) is 0 Å². The third-order valence-corrected chi connectivity index (χ3v) is 2.05. The Balaban J connectivity index is 2.24. The van der Waals surface area contributed by atoms with E-state index in [1.54, 1.807) is 0 Å². The van der Waals surface area contributed by atoms with E-state index in [2.05, 4.69) is 19.2 Å². The van der Waals surface area contributed by atoms with Gasteiger partial charge in [0.2, 0.25) is 0 Å². The van der Waals surface area contributed by atoms with E-state index in [0.717, 1.165) is 18.7 Å². The maximum atomic E-state index is 12.8. The van der Waals surface area contributed by atoms with Crippen molar-refractivity contribution in [3.05, 3.63) is 35.4 Å². The third-order valence-electron chi connectivity index (χ3n) is 2.05. The first-order chi connectivity index (χ1) is 7.59. The van der Waals surface area contributed by atoms with Crippen molar-refractivity contribution in [3.63, 3.8) is 0 Å². The average Bonchev–Trinajstić information content (AvgIpc) is 2.22. The van der Waals surface area contributed by atoms with Crippen molar-refractivity contribution in [2.45, 2.75) is 26.5 Å². The fraction of sp³-hybridized carbons (Fsp3) is 0.500. The molecule has 0 fully saturated rings. The molecule has 0 atom stereocenters. The minimum atomic E-state index is -0.832. The van der Waals surface area contributed by atoms with Crippen LogP contribution >= 0.6 is 0 Å². The summed E-state index contributed by atoms with van der Waals surface area (Å²) in [5, 5.41) is 3.19. The molecule has 90 valence electrons. The topological polar surface area (TPSA) is 21.3 Å². The Hall–Kier alpha value is -1.00. The Morgan fingerprint density at radius 3 is 2.62 bits per heavy atom. The average molecular weight is 229 g/mol. The van der Waals surface area contributed by atoms with E-state index < -0.39 is 11.6 Å². The normalized spacial score (nSPS) is 11.1. The van der Waals surface area contributed by atoms with E-state index in [1.165, 1.54) is 6.07 Å². The van der Waals surface area contributed by atoms with Crippen LogP contribution in [0.25, 0.3) is 0 Å². The molecule has 0 bridgehead atoms. The molecular formula is C12H17F2NO. The summed E-state index contributed by atoms with van der Waals surface area (Å²) in [5.41, 5.74) is 0.642. The predicted molar refractivity (Wildman–Crippen MR) is 59.2 cm³/mol. The van der Waals surface area contributed by atoms with Gasteiger partial charge in [0, 0.05) is 12.6 Å². The smallest absolute Gasteiger partial charge is 0.159 e.